The van der Waals surface area contributed by atoms with Gasteiger partial charge in [-0.25, -0.2) is 4.18 Å². The van der Waals surface area contributed by atoms with E-state index in [-0.39, 0.29) is 5.56 Å². The summed E-state index contributed by atoms with van der Waals surface area (Å²) in [5.74, 6) is 3.39. The highest BCUT2D eigenvalue weighted by molar-refractivity contribution is 7.80. The van der Waals surface area contributed by atoms with Crippen LogP contribution in [0.5, 0.6) is 5.75 Å². The molecule has 14 N–H and O–H groups in total. The van der Waals surface area contributed by atoms with Crippen molar-refractivity contribution in [3.05, 3.63) is 29.8 Å². The van der Waals surface area contributed by atoms with Crippen molar-refractivity contribution in [2.45, 2.75) is 195 Å². The zero-order valence-corrected chi connectivity index (χ0v) is 44.2. The maximum absolute atomic E-state index is 13.8. The zero-order chi connectivity index (χ0) is 57.4. The molecule has 5 rings (SSSR count). The molecule has 20 atom stereocenters. The minimum Gasteiger partial charge on any atom is -0.494 e. The first-order valence-electron chi connectivity index (χ1n) is 25.4. The first-order valence-corrected chi connectivity index (χ1v) is 26.8. The number of aliphatic hydroxyl groups is 9. The molecule has 0 aliphatic carbocycles. The molecule has 1 aromatic rings. The van der Waals surface area contributed by atoms with E-state index in [1.165, 1.54) is 18.6 Å². The van der Waals surface area contributed by atoms with Gasteiger partial charge in [-0.3, -0.25) is 23.7 Å². The van der Waals surface area contributed by atoms with Crippen molar-refractivity contribution >= 4 is 34.0 Å². The smallest absolute Gasteiger partial charge is 0.397 e. The molecule has 0 aromatic heterocycles. The molecule has 0 spiro atoms. The van der Waals surface area contributed by atoms with E-state index in [0.29, 0.717) is 25.2 Å². The Hall–Kier alpha value is -4.31. The molecule has 4 heterocycles. The minimum atomic E-state index is -5.16. The fourth-order valence-electron chi connectivity index (χ4n) is 9.21. The van der Waals surface area contributed by atoms with Gasteiger partial charge < -0.3 is 105 Å². The highest BCUT2D eigenvalue weighted by Gasteiger charge is 2.56. The number of benzene rings is 1. The Kier molecular flexibility index (Phi) is 25.2. The summed E-state index contributed by atoms with van der Waals surface area (Å²) in [6.45, 7) is 1.51. The predicted octanol–water partition coefficient (Wildman–Crippen LogP) is -4.92. The Morgan fingerprint density at radius 2 is 1.06 bits per heavy atom. The van der Waals surface area contributed by atoms with Gasteiger partial charge in [-0.1, -0.05) is 32.3 Å². The number of unbranched alkanes of at least 4 members (excludes halogenated alkanes) is 5. The van der Waals surface area contributed by atoms with Crippen LogP contribution < -0.4 is 26.0 Å². The summed E-state index contributed by atoms with van der Waals surface area (Å²) in [6, 6.07) is -0.745. The van der Waals surface area contributed by atoms with Crippen molar-refractivity contribution in [3.63, 3.8) is 0 Å². The normalized spacial score (nSPS) is 35.1. The van der Waals surface area contributed by atoms with Crippen molar-refractivity contribution in [2.24, 2.45) is 0 Å². The molecule has 4 fully saturated rings. The predicted molar refractivity (Wildman–Crippen MR) is 262 cm³/mol. The van der Waals surface area contributed by atoms with Crippen molar-refractivity contribution in [1.29, 1.82) is 0 Å². The van der Waals surface area contributed by atoms with Crippen LogP contribution in [0, 0.1) is 11.8 Å². The van der Waals surface area contributed by atoms with E-state index < -0.39 is 183 Å². The van der Waals surface area contributed by atoms with E-state index >= 15 is 0 Å². The first-order chi connectivity index (χ1) is 37.0. The Labute approximate surface area is 450 Å². The second-order valence-corrected chi connectivity index (χ2v) is 20.1. The van der Waals surface area contributed by atoms with Gasteiger partial charge in [0, 0.05) is 39.2 Å². The number of rotatable bonds is 25. The third-order valence-electron chi connectivity index (χ3n) is 13.0. The standard InChI is InChI=1S/C48H74N4O25S/c1-5-6-7-8-9-10-11-12-13-17-69-27-16-14-15-26(18-27)44(64)52-33-37(60)36(59)28(19-53)72-46(33)75-41-29(20-54)73-47(34(39(41)62)50-24(3)57)76-42-30(21-55)74-48(35(40(42)63)51-25(4)58)77-43-31(22-70-78(66,67)68)71-45(65)32(38(43)61)49-23(2)56/h14-16,18,28-43,45-48,53-55,59-63,65H,5-9,12-13,17,19-22H2,1-4H3,(H,49,56)(H,50,57)(H,51,58)(H,52,64)(H,66,67,68)/t28?,29?,30?,31?,32?,33-,34?,35-,36+,37?,38?,39?,40+,41+,42?,43+,45?,46-,47?,48-/m0/s1. The Balaban J connectivity index is 1.35. The number of amides is 4. The minimum absolute atomic E-state index is 0.0447. The Morgan fingerprint density at radius 3 is 1.56 bits per heavy atom. The van der Waals surface area contributed by atoms with Gasteiger partial charge in [-0.15, -0.1) is 11.8 Å². The van der Waals surface area contributed by atoms with Crippen LogP contribution in [0.25, 0.3) is 0 Å². The lowest BCUT2D eigenvalue weighted by atomic mass is 9.93. The zero-order valence-electron chi connectivity index (χ0n) is 43.3. The van der Waals surface area contributed by atoms with E-state index in [9.17, 15) is 78.1 Å². The summed E-state index contributed by atoms with van der Waals surface area (Å²) in [5, 5.41) is 109. The van der Waals surface area contributed by atoms with E-state index in [1.807, 2.05) is 0 Å². The molecule has 78 heavy (non-hydrogen) atoms. The van der Waals surface area contributed by atoms with E-state index in [0.717, 1.165) is 46.5 Å². The molecule has 29 nitrogen and oxygen atoms in total. The summed E-state index contributed by atoms with van der Waals surface area (Å²) in [6.07, 6.45) is -23.1. The van der Waals surface area contributed by atoms with Gasteiger partial charge in [0.25, 0.3) is 5.91 Å². The molecule has 442 valence electrons. The largest absolute Gasteiger partial charge is 0.494 e. The average Bonchev–Trinajstić information content (AvgIpc) is 3.40. The van der Waals surface area contributed by atoms with Crippen LogP contribution in [0.3, 0.4) is 0 Å². The average molecular weight is 1140 g/mol. The number of hydrogen-bond acceptors (Lipinski definition) is 24. The van der Waals surface area contributed by atoms with Gasteiger partial charge >= 0.3 is 10.4 Å². The molecule has 4 saturated heterocycles. The maximum Gasteiger partial charge on any atom is 0.397 e. The van der Waals surface area contributed by atoms with Gasteiger partial charge in [0.15, 0.2) is 25.2 Å². The van der Waals surface area contributed by atoms with Gasteiger partial charge in [0.05, 0.1) is 33.0 Å². The van der Waals surface area contributed by atoms with E-state index in [1.54, 1.807) is 12.1 Å². The molecule has 1 aromatic carbocycles. The van der Waals surface area contributed by atoms with Gasteiger partial charge in [0.1, 0.15) is 103 Å². The second-order valence-electron chi connectivity index (χ2n) is 19.0. The molecule has 30 heteroatoms. The number of carbonyl (C=O) groups is 4. The van der Waals surface area contributed by atoms with Crippen LogP contribution in [-0.4, -0.2) is 238 Å². The first kappa shape index (κ1) is 64.5. The Morgan fingerprint density at radius 1 is 0.590 bits per heavy atom. The van der Waals surface area contributed by atoms with Gasteiger partial charge in [0.2, 0.25) is 17.7 Å². The van der Waals surface area contributed by atoms with Crippen LogP contribution in [0.2, 0.25) is 0 Å². The van der Waals surface area contributed by atoms with Crippen LogP contribution in [0.1, 0.15) is 83.0 Å². The monoisotopic (exact) mass is 1140 g/mol. The quantitative estimate of drug-likeness (QED) is 0.0248. The van der Waals surface area contributed by atoms with Crippen molar-refractivity contribution < 1.29 is 120 Å². The molecular formula is C48H74N4O25S. The molecule has 4 aliphatic rings. The Bertz CT molecular complexity index is 2280. The number of aliphatic hydroxyl groups excluding tert-OH is 9. The third-order valence-corrected chi connectivity index (χ3v) is 13.5. The topological polar surface area (TPSA) is 436 Å². The lowest BCUT2D eigenvalue weighted by Crippen LogP contribution is -2.71. The highest BCUT2D eigenvalue weighted by atomic mass is 32.3. The fourth-order valence-corrected chi connectivity index (χ4v) is 9.51. The molecule has 4 amide bonds. The van der Waals surface area contributed by atoms with Crippen molar-refractivity contribution in [3.8, 4) is 17.6 Å². The lowest BCUT2D eigenvalue weighted by Gasteiger charge is -2.51. The van der Waals surface area contributed by atoms with Gasteiger partial charge in [-0.2, -0.15) is 8.42 Å². The molecule has 0 radical (unpaired) electrons. The molecular weight excluding hydrogens is 1060 g/mol. The fraction of sp³-hybridized carbons (Fsp3) is 0.750. The summed E-state index contributed by atoms with van der Waals surface area (Å²) >= 11 is 0. The number of ether oxygens (including phenoxy) is 8. The number of hydrogen-bond donors (Lipinski definition) is 14. The van der Waals surface area contributed by atoms with Crippen LogP contribution >= 0.6 is 0 Å². The van der Waals surface area contributed by atoms with Crippen LogP contribution in [0.4, 0.5) is 0 Å². The van der Waals surface area contributed by atoms with Crippen LogP contribution in [-0.2, 0) is 62.1 Å². The van der Waals surface area contributed by atoms with E-state index in [2.05, 4.69) is 44.2 Å². The van der Waals surface area contributed by atoms with Crippen molar-refractivity contribution in [1.82, 2.24) is 21.3 Å². The summed E-state index contributed by atoms with van der Waals surface area (Å²) < 4.78 is 83.8. The van der Waals surface area contributed by atoms with Crippen LogP contribution in [0.15, 0.2) is 24.3 Å². The summed E-state index contributed by atoms with van der Waals surface area (Å²) in [4.78, 5) is 51.1. The molecule has 0 saturated carbocycles. The molecule has 0 bridgehead atoms. The van der Waals surface area contributed by atoms with Gasteiger partial charge in [-0.05, 0) is 31.0 Å². The summed E-state index contributed by atoms with van der Waals surface area (Å²) in [5.41, 5.74) is 0.0447. The third kappa shape index (κ3) is 17.8. The highest BCUT2D eigenvalue weighted by Crippen LogP contribution is 2.35. The number of nitrogens with one attached hydrogen (secondary N) is 4. The van der Waals surface area contributed by atoms with Crippen molar-refractivity contribution in [2.75, 3.05) is 33.0 Å². The molecule has 12 unspecified atom stereocenters. The SMILES string of the molecule is CCCCCCC#CCCCOc1cccc(C(=O)N[C@H]2C(O)[C@H](O)C(CO)O[C@H]2O[C@@H]2C(CO)OC(OC3C(CO)O[C@@H](O[C@@H]4C(COS(=O)(=O)O)OC(O)C(NC(C)=O)C4O)[C@@H](NC(C)=O)[C@H]3O)C(NC(C)=O)C2O)c1. The molecule has 4 aliphatic heterocycles. The maximum atomic E-state index is 13.8. The number of carbonyl (C=O) groups excluding carboxylic acids is 4. The summed E-state index contributed by atoms with van der Waals surface area (Å²) in [7, 11) is -5.16. The lowest BCUT2D eigenvalue weighted by molar-refractivity contribution is -0.361. The second kappa shape index (κ2) is 30.5. The van der Waals surface area contributed by atoms with E-state index in [4.69, 9.17) is 37.9 Å².